The largest absolute Gasteiger partial charge is 0.468 e. The van der Waals surface area contributed by atoms with Crippen LogP contribution in [0.25, 0.3) is 0 Å². The number of hydrogen-bond acceptors (Lipinski definition) is 5. The first-order valence-electron chi connectivity index (χ1n) is 6.02. The molecule has 1 heterocycles. The lowest BCUT2D eigenvalue weighted by molar-refractivity contribution is -0.140. The number of sulfone groups is 1. The van der Waals surface area contributed by atoms with Crippen LogP contribution in [0.15, 0.2) is 35.5 Å². The molecule has 2 rings (SSSR count). The van der Waals surface area contributed by atoms with Crippen LogP contribution in [0.4, 0.5) is 8.78 Å². The summed E-state index contributed by atoms with van der Waals surface area (Å²) in [6, 6.07) is 2.13. The minimum absolute atomic E-state index is 0.255. The number of rotatable bonds is 4. The third-order valence-electron chi connectivity index (χ3n) is 2.92. The van der Waals surface area contributed by atoms with Gasteiger partial charge >= 0.3 is 5.97 Å². The summed E-state index contributed by atoms with van der Waals surface area (Å²) >= 11 is 0. The summed E-state index contributed by atoms with van der Waals surface area (Å²) in [5.41, 5.74) is -0.354. The van der Waals surface area contributed by atoms with E-state index in [1.807, 2.05) is 0 Å². The number of carbonyl (C=O) groups excluding carboxylic acids is 1. The topological polar surface area (TPSA) is 78.3 Å². The molecule has 1 unspecified atom stereocenters. The quantitative estimate of drug-likeness (QED) is 0.792. The van der Waals surface area contributed by atoms with Gasteiger partial charge < -0.3 is 4.74 Å². The summed E-state index contributed by atoms with van der Waals surface area (Å²) < 4.78 is 57.5. The maximum absolute atomic E-state index is 13.3. The van der Waals surface area contributed by atoms with Crippen LogP contribution in [0, 0.1) is 11.6 Å². The van der Waals surface area contributed by atoms with Gasteiger partial charge in [-0.3, -0.25) is 9.48 Å². The number of methoxy groups -OCH3 is 1. The van der Waals surface area contributed by atoms with E-state index in [-0.39, 0.29) is 10.5 Å². The Morgan fingerprint density at radius 1 is 1.27 bits per heavy atom. The molecule has 0 aliphatic heterocycles. The molecule has 1 atom stereocenters. The van der Waals surface area contributed by atoms with Gasteiger partial charge in [-0.1, -0.05) is 0 Å². The van der Waals surface area contributed by atoms with E-state index in [1.165, 1.54) is 17.9 Å². The lowest BCUT2D eigenvalue weighted by Crippen LogP contribution is -2.24. The van der Waals surface area contributed by atoms with Crippen LogP contribution in [0.3, 0.4) is 0 Å². The second-order valence-electron chi connectivity index (χ2n) is 4.50. The lowest BCUT2D eigenvalue weighted by Gasteiger charge is -2.15. The van der Waals surface area contributed by atoms with E-state index in [9.17, 15) is 22.0 Å². The zero-order valence-corrected chi connectivity index (χ0v) is 12.5. The van der Waals surface area contributed by atoms with Crippen molar-refractivity contribution in [3.8, 4) is 0 Å². The maximum Gasteiger partial charge on any atom is 0.329 e. The Bertz CT molecular complexity index is 797. The van der Waals surface area contributed by atoms with E-state index in [0.717, 1.165) is 25.4 Å². The molecule has 22 heavy (non-hydrogen) atoms. The Labute approximate surface area is 125 Å². The second-order valence-corrected chi connectivity index (χ2v) is 6.53. The highest BCUT2D eigenvalue weighted by molar-refractivity contribution is 7.92. The fourth-order valence-corrected chi connectivity index (χ4v) is 3.57. The minimum Gasteiger partial charge on any atom is -0.468 e. The highest BCUT2D eigenvalue weighted by atomic mass is 32.2. The average molecular weight is 330 g/mol. The zero-order chi connectivity index (χ0) is 16.5. The summed E-state index contributed by atoms with van der Waals surface area (Å²) in [7, 11) is -1.79. The Morgan fingerprint density at radius 3 is 2.32 bits per heavy atom. The smallest absolute Gasteiger partial charge is 0.329 e. The van der Waals surface area contributed by atoms with Crippen molar-refractivity contribution in [1.29, 1.82) is 0 Å². The number of esters is 1. The molecule has 1 aromatic heterocycles. The zero-order valence-electron chi connectivity index (χ0n) is 11.7. The van der Waals surface area contributed by atoms with Crippen LogP contribution in [0.5, 0.6) is 0 Å². The van der Waals surface area contributed by atoms with Crippen LogP contribution >= 0.6 is 0 Å². The van der Waals surface area contributed by atoms with Gasteiger partial charge in [-0.2, -0.15) is 5.10 Å². The Balaban J connectivity index is 2.63. The molecular formula is C13H12F2N2O4S. The Kier molecular flexibility index (Phi) is 4.27. The van der Waals surface area contributed by atoms with Crippen LogP contribution in [0.2, 0.25) is 0 Å². The molecular weight excluding hydrogens is 318 g/mol. The molecule has 0 amide bonds. The molecule has 1 aromatic carbocycles. The summed E-state index contributed by atoms with van der Waals surface area (Å²) in [4.78, 5) is 11.6. The maximum atomic E-state index is 13.3. The van der Waals surface area contributed by atoms with E-state index in [0.29, 0.717) is 6.07 Å². The monoisotopic (exact) mass is 330 g/mol. The van der Waals surface area contributed by atoms with Crippen molar-refractivity contribution < 1.29 is 26.7 Å². The molecule has 0 saturated heterocycles. The predicted octanol–water partition coefficient (Wildman–Crippen LogP) is 1.39. The highest BCUT2D eigenvalue weighted by Gasteiger charge is 2.38. The fourth-order valence-electron chi connectivity index (χ4n) is 1.96. The van der Waals surface area contributed by atoms with Crippen molar-refractivity contribution in [3.63, 3.8) is 0 Å². The van der Waals surface area contributed by atoms with Crippen molar-refractivity contribution in [2.75, 3.05) is 7.11 Å². The number of ether oxygens (including phenoxy) is 1. The molecule has 9 heteroatoms. The molecule has 0 N–H and O–H groups in total. The van der Waals surface area contributed by atoms with Crippen LogP contribution in [-0.4, -0.2) is 31.3 Å². The molecule has 0 spiro atoms. The number of aromatic nitrogens is 2. The summed E-state index contributed by atoms with van der Waals surface area (Å²) in [5.74, 6) is -3.13. The molecule has 0 aliphatic carbocycles. The molecule has 0 saturated carbocycles. The second kappa shape index (κ2) is 5.84. The van der Waals surface area contributed by atoms with Crippen LogP contribution in [0.1, 0.15) is 10.8 Å². The minimum atomic E-state index is -4.27. The third-order valence-corrected chi connectivity index (χ3v) is 4.88. The van der Waals surface area contributed by atoms with Gasteiger partial charge in [0, 0.05) is 19.3 Å². The molecule has 0 bridgehead atoms. The van der Waals surface area contributed by atoms with Crippen LogP contribution in [-0.2, 0) is 26.4 Å². The Hall–Kier alpha value is -2.29. The van der Waals surface area contributed by atoms with E-state index in [4.69, 9.17) is 0 Å². The molecule has 6 nitrogen and oxygen atoms in total. The van der Waals surface area contributed by atoms with Gasteiger partial charge in [0.25, 0.3) is 0 Å². The molecule has 0 radical (unpaired) electrons. The average Bonchev–Trinajstić information content (AvgIpc) is 2.84. The van der Waals surface area contributed by atoms with Gasteiger partial charge in [-0.15, -0.1) is 0 Å². The van der Waals surface area contributed by atoms with Crippen molar-refractivity contribution in [2.45, 2.75) is 10.1 Å². The van der Waals surface area contributed by atoms with E-state index in [1.54, 1.807) is 0 Å². The van der Waals surface area contributed by atoms with E-state index in [2.05, 4.69) is 9.84 Å². The van der Waals surface area contributed by atoms with E-state index < -0.39 is 32.7 Å². The van der Waals surface area contributed by atoms with Gasteiger partial charge in [0.05, 0.1) is 13.3 Å². The molecule has 2 aromatic rings. The van der Waals surface area contributed by atoms with Crippen LogP contribution < -0.4 is 0 Å². The standard InChI is InChI=1S/C13H12F2N2O4S/c1-17-7-11(6-16-17)22(19,20)12(13(18)21-2)8-3-9(14)5-10(15)4-8/h3-7,12H,1-2H3. The summed E-state index contributed by atoms with van der Waals surface area (Å²) in [6.07, 6.45) is 2.22. The van der Waals surface area contributed by atoms with Gasteiger partial charge in [0.1, 0.15) is 16.5 Å². The third kappa shape index (κ3) is 2.98. The lowest BCUT2D eigenvalue weighted by atomic mass is 10.1. The SMILES string of the molecule is COC(=O)C(c1cc(F)cc(F)c1)S(=O)(=O)c1cnn(C)c1. The first-order chi connectivity index (χ1) is 10.3. The van der Waals surface area contributed by atoms with Gasteiger partial charge in [0.2, 0.25) is 0 Å². The summed E-state index contributed by atoms with van der Waals surface area (Å²) in [5, 5.41) is 1.83. The predicted molar refractivity (Wildman–Crippen MR) is 71.5 cm³/mol. The van der Waals surface area contributed by atoms with E-state index >= 15 is 0 Å². The number of hydrogen-bond donors (Lipinski definition) is 0. The van der Waals surface area contributed by atoms with Gasteiger partial charge in [-0.25, -0.2) is 17.2 Å². The van der Waals surface area contributed by atoms with Crippen molar-refractivity contribution in [2.24, 2.45) is 7.05 Å². The van der Waals surface area contributed by atoms with Crippen molar-refractivity contribution >= 4 is 15.8 Å². The van der Waals surface area contributed by atoms with Crippen molar-refractivity contribution in [1.82, 2.24) is 9.78 Å². The highest BCUT2D eigenvalue weighted by Crippen LogP contribution is 2.30. The first kappa shape index (κ1) is 16.1. The van der Waals surface area contributed by atoms with Gasteiger partial charge in [-0.05, 0) is 17.7 Å². The normalized spacial score (nSPS) is 12.9. The number of carbonyl (C=O) groups is 1. The number of halogens is 2. The van der Waals surface area contributed by atoms with Gasteiger partial charge in [0.15, 0.2) is 15.1 Å². The molecule has 0 fully saturated rings. The van der Waals surface area contributed by atoms with Crippen molar-refractivity contribution in [3.05, 3.63) is 47.8 Å². The Morgan fingerprint density at radius 2 is 1.86 bits per heavy atom. The first-order valence-corrected chi connectivity index (χ1v) is 7.56. The molecule has 0 aliphatic rings. The number of aryl methyl sites for hydroxylation is 1. The molecule has 118 valence electrons. The fraction of sp³-hybridized carbons (Fsp3) is 0.231. The summed E-state index contributed by atoms with van der Waals surface area (Å²) in [6.45, 7) is 0. The number of benzene rings is 1. The number of nitrogens with zero attached hydrogens (tertiary/aromatic N) is 2.